The topological polar surface area (TPSA) is 105 Å². The highest BCUT2D eigenvalue weighted by molar-refractivity contribution is 7.47. The van der Waals surface area contributed by atoms with E-state index in [0.717, 1.165) is 96.3 Å². The van der Waals surface area contributed by atoms with Crippen LogP contribution in [0.1, 0.15) is 219 Å². The van der Waals surface area contributed by atoms with Crippen LogP contribution in [0.2, 0.25) is 0 Å². The van der Waals surface area contributed by atoms with E-state index in [2.05, 4.69) is 104 Å². The first-order valence-corrected chi connectivity index (χ1v) is 29.1. The number of allylic oxidation sites excluding steroid dienone is 15. The van der Waals surface area contributed by atoms with E-state index in [1.54, 1.807) is 6.08 Å². The second kappa shape index (κ2) is 49.4. The Bertz CT molecular complexity index is 1420. The van der Waals surface area contributed by atoms with Crippen molar-refractivity contribution >= 4 is 13.7 Å². The Kier molecular flexibility index (Phi) is 47.5. The molecule has 9 heteroatoms. The summed E-state index contributed by atoms with van der Waals surface area (Å²) in [6.07, 6.45) is 70.6. The van der Waals surface area contributed by atoms with E-state index in [4.69, 9.17) is 9.05 Å². The molecule has 0 aliphatic carbocycles. The second-order valence-electron chi connectivity index (χ2n) is 19.6. The van der Waals surface area contributed by atoms with Crippen LogP contribution in [0.4, 0.5) is 0 Å². The molecule has 0 aliphatic heterocycles. The fourth-order valence-corrected chi connectivity index (χ4v) is 8.23. The summed E-state index contributed by atoms with van der Waals surface area (Å²) >= 11 is 0. The Morgan fingerprint density at radius 2 is 0.882 bits per heavy atom. The molecule has 0 fully saturated rings. The lowest BCUT2D eigenvalue weighted by Crippen LogP contribution is -2.45. The molecule has 0 rings (SSSR count). The molecule has 0 aromatic rings. The van der Waals surface area contributed by atoms with Crippen LogP contribution >= 0.6 is 7.82 Å². The quantitative estimate of drug-likeness (QED) is 0.0243. The third-order valence-electron chi connectivity index (χ3n) is 11.8. The minimum atomic E-state index is -4.35. The van der Waals surface area contributed by atoms with Crippen LogP contribution in [0.5, 0.6) is 0 Å². The number of carbonyl (C=O) groups excluding carboxylic acids is 1. The largest absolute Gasteiger partial charge is 0.472 e. The summed E-state index contributed by atoms with van der Waals surface area (Å²) in [6, 6.07) is -0.859. The first-order chi connectivity index (χ1) is 33.0. The van der Waals surface area contributed by atoms with Gasteiger partial charge in [0.2, 0.25) is 5.91 Å². The normalized spacial score (nSPS) is 14.8. The number of amides is 1. The molecule has 0 aromatic heterocycles. The van der Waals surface area contributed by atoms with Crippen LogP contribution in [0.3, 0.4) is 0 Å². The van der Waals surface area contributed by atoms with Crippen molar-refractivity contribution in [3.63, 3.8) is 0 Å². The van der Waals surface area contributed by atoms with E-state index < -0.39 is 20.0 Å². The molecular formula is C59H106N2O6P+. The average molecular weight is 970 g/mol. The number of hydrogen-bond acceptors (Lipinski definition) is 5. The summed E-state index contributed by atoms with van der Waals surface area (Å²) in [5.74, 6) is -0.192. The maximum absolute atomic E-state index is 13.0. The smallest absolute Gasteiger partial charge is 0.387 e. The van der Waals surface area contributed by atoms with Crippen LogP contribution < -0.4 is 5.32 Å². The highest BCUT2D eigenvalue weighted by Crippen LogP contribution is 2.43. The van der Waals surface area contributed by atoms with Crippen LogP contribution in [0, 0.1) is 0 Å². The van der Waals surface area contributed by atoms with E-state index in [1.165, 1.54) is 103 Å². The van der Waals surface area contributed by atoms with Crippen LogP contribution in [-0.4, -0.2) is 73.4 Å². The molecule has 0 saturated heterocycles. The number of carbonyl (C=O) groups is 1. The maximum Gasteiger partial charge on any atom is 0.472 e. The van der Waals surface area contributed by atoms with Gasteiger partial charge in [-0.25, -0.2) is 4.57 Å². The van der Waals surface area contributed by atoms with E-state index in [0.29, 0.717) is 17.4 Å². The van der Waals surface area contributed by atoms with E-state index in [9.17, 15) is 19.4 Å². The van der Waals surface area contributed by atoms with Crippen molar-refractivity contribution < 1.29 is 32.9 Å². The van der Waals surface area contributed by atoms with Crippen molar-refractivity contribution in [2.75, 3.05) is 40.9 Å². The number of likely N-dealkylation sites (N-methyl/N-ethyl adjacent to an activating group) is 1. The zero-order chi connectivity index (χ0) is 49.9. The first-order valence-electron chi connectivity index (χ1n) is 27.6. The number of phosphoric acid groups is 1. The molecule has 1 amide bonds. The number of phosphoric ester groups is 1. The lowest BCUT2D eigenvalue weighted by Gasteiger charge is -2.25. The molecule has 0 aromatic carbocycles. The number of quaternary nitrogens is 1. The van der Waals surface area contributed by atoms with Gasteiger partial charge in [0.25, 0.3) is 0 Å². The van der Waals surface area contributed by atoms with E-state index >= 15 is 0 Å². The van der Waals surface area contributed by atoms with Gasteiger partial charge in [0.05, 0.1) is 39.9 Å². The van der Waals surface area contributed by atoms with Gasteiger partial charge in [-0.3, -0.25) is 13.8 Å². The van der Waals surface area contributed by atoms with Gasteiger partial charge in [-0.1, -0.05) is 233 Å². The van der Waals surface area contributed by atoms with E-state index in [-0.39, 0.29) is 19.1 Å². The minimum absolute atomic E-state index is 0.0544. The van der Waals surface area contributed by atoms with Crippen molar-refractivity contribution in [2.45, 2.75) is 231 Å². The molecule has 3 unspecified atom stereocenters. The highest BCUT2D eigenvalue weighted by atomic mass is 31.2. The molecule has 392 valence electrons. The third kappa shape index (κ3) is 51.3. The van der Waals surface area contributed by atoms with Gasteiger partial charge >= 0.3 is 7.82 Å². The molecule has 8 nitrogen and oxygen atoms in total. The monoisotopic (exact) mass is 970 g/mol. The number of nitrogens with one attached hydrogen (secondary N) is 1. The SMILES string of the molecule is CC/C=C\C/C=C\C/C=C\C/C=C\C/C=C\C/C=C\C/C=C\CCCCCCCCCC(=O)NC(COP(=O)(O)OCC[N+](C)(C)C)C(O)/C=C/CCCCCCCCCCCCCCCCC. The number of rotatable bonds is 49. The molecular weight excluding hydrogens is 864 g/mol. The highest BCUT2D eigenvalue weighted by Gasteiger charge is 2.27. The predicted molar refractivity (Wildman–Crippen MR) is 295 cm³/mol. The average Bonchev–Trinajstić information content (AvgIpc) is 3.30. The molecule has 0 aliphatic rings. The molecule has 0 saturated carbocycles. The molecule has 0 spiro atoms. The number of unbranched alkanes of at least 4 members (excludes halogenated alkanes) is 22. The van der Waals surface area contributed by atoms with Crippen LogP contribution in [0.25, 0.3) is 0 Å². The van der Waals surface area contributed by atoms with Crippen molar-refractivity contribution in [3.8, 4) is 0 Å². The van der Waals surface area contributed by atoms with Gasteiger partial charge < -0.3 is 19.8 Å². The van der Waals surface area contributed by atoms with Crippen molar-refractivity contribution in [2.24, 2.45) is 0 Å². The molecule has 3 N–H and O–H groups in total. The predicted octanol–water partition coefficient (Wildman–Crippen LogP) is 16.6. The van der Waals surface area contributed by atoms with Crippen molar-refractivity contribution in [1.29, 1.82) is 0 Å². The first kappa shape index (κ1) is 65.4. The van der Waals surface area contributed by atoms with Gasteiger partial charge in [-0.2, -0.15) is 0 Å². The minimum Gasteiger partial charge on any atom is -0.387 e. The summed E-state index contributed by atoms with van der Waals surface area (Å²) < 4.78 is 23.7. The number of aliphatic hydroxyl groups is 1. The zero-order valence-electron chi connectivity index (χ0n) is 44.6. The van der Waals surface area contributed by atoms with E-state index in [1.807, 2.05) is 27.2 Å². The Morgan fingerprint density at radius 1 is 0.515 bits per heavy atom. The summed E-state index contributed by atoms with van der Waals surface area (Å²) in [4.78, 5) is 23.3. The Labute approximate surface area is 419 Å². The van der Waals surface area contributed by atoms with Crippen molar-refractivity contribution in [3.05, 3.63) is 97.2 Å². The Morgan fingerprint density at radius 3 is 1.29 bits per heavy atom. The number of nitrogens with zero attached hydrogens (tertiary/aromatic N) is 1. The van der Waals surface area contributed by atoms with Gasteiger partial charge in [0, 0.05) is 6.42 Å². The molecule has 68 heavy (non-hydrogen) atoms. The van der Waals surface area contributed by atoms with Gasteiger partial charge in [0.15, 0.2) is 0 Å². The molecule has 0 bridgehead atoms. The molecule has 0 radical (unpaired) electrons. The van der Waals surface area contributed by atoms with Crippen LogP contribution in [-0.2, 0) is 18.4 Å². The van der Waals surface area contributed by atoms with Gasteiger partial charge in [-0.15, -0.1) is 0 Å². The summed E-state index contributed by atoms with van der Waals surface area (Å²) in [6.45, 7) is 4.69. The number of hydrogen-bond donors (Lipinski definition) is 3. The van der Waals surface area contributed by atoms with Gasteiger partial charge in [-0.05, 0) is 77.0 Å². The second-order valence-corrected chi connectivity index (χ2v) is 21.0. The summed E-state index contributed by atoms with van der Waals surface area (Å²) in [5, 5.41) is 13.9. The molecule has 3 atom stereocenters. The summed E-state index contributed by atoms with van der Waals surface area (Å²) in [7, 11) is 1.55. The molecule has 0 heterocycles. The van der Waals surface area contributed by atoms with Crippen LogP contribution in [0.15, 0.2) is 97.2 Å². The Hall–Kier alpha value is -2.58. The standard InChI is InChI=1S/C59H105N2O6P/c1-6-8-10-12-14-16-18-20-22-24-25-26-27-28-29-30-31-32-33-34-35-37-39-41-43-45-47-49-51-53-59(63)60-57(56-67-68(64,65)66-55-54-61(3,4)5)58(62)52-50-48-46-44-42-40-38-36-23-21-19-17-15-13-11-9-7-2/h8,10,14,16,20,22,25-26,28-29,31-32,34-35,50,52,57-58,62H,6-7,9,11-13,15,17-19,21,23-24,27,30,33,36-49,51,53-56H2,1-5H3,(H-,60,63,64,65)/p+1/b10-8-,16-14-,22-20-,26-25-,29-28-,32-31-,35-34-,52-50+. The zero-order valence-corrected chi connectivity index (χ0v) is 45.5. The maximum atomic E-state index is 13.0. The van der Waals surface area contributed by atoms with Crippen molar-refractivity contribution in [1.82, 2.24) is 5.32 Å². The third-order valence-corrected chi connectivity index (χ3v) is 12.8. The lowest BCUT2D eigenvalue weighted by atomic mass is 10.0. The Balaban J connectivity index is 4.29. The fraction of sp³-hybridized carbons (Fsp3) is 0.712. The summed E-state index contributed by atoms with van der Waals surface area (Å²) in [5.41, 5.74) is 0. The number of aliphatic hydroxyl groups excluding tert-OH is 1. The fourth-order valence-electron chi connectivity index (χ4n) is 7.49. The van der Waals surface area contributed by atoms with Gasteiger partial charge in [0.1, 0.15) is 13.2 Å². The lowest BCUT2D eigenvalue weighted by molar-refractivity contribution is -0.870.